The molecule has 0 saturated carbocycles. The first-order valence-electron chi connectivity index (χ1n) is 5.71. The van der Waals surface area contributed by atoms with E-state index in [0.29, 0.717) is 6.42 Å². The molecule has 0 bridgehead atoms. The Morgan fingerprint density at radius 1 is 1.25 bits per heavy atom. The summed E-state index contributed by atoms with van der Waals surface area (Å²) in [6, 6.07) is 8.09. The summed E-state index contributed by atoms with van der Waals surface area (Å²) in [6.07, 6.45) is 4.24. The Morgan fingerprint density at radius 3 is 2.62 bits per heavy atom. The third kappa shape index (κ3) is 2.48. The fraction of sp³-hybridized carbons (Fsp3) is 0.462. The summed E-state index contributed by atoms with van der Waals surface area (Å²) in [5.41, 5.74) is 2.11. The maximum Gasteiger partial charge on any atom is 0.0669 e. The quantitative estimate of drug-likeness (QED) is 0.784. The van der Waals surface area contributed by atoms with Crippen molar-refractivity contribution in [3.05, 3.63) is 28.8 Å². The first kappa shape index (κ1) is 11.3. The lowest BCUT2D eigenvalue weighted by atomic mass is 10.1. The largest absolute Gasteiger partial charge is 0.370 e. The fourth-order valence-electron chi connectivity index (χ4n) is 2.14. The molecule has 1 aliphatic rings. The highest BCUT2D eigenvalue weighted by Crippen LogP contribution is 2.29. The van der Waals surface area contributed by atoms with Gasteiger partial charge in [0, 0.05) is 13.1 Å². The van der Waals surface area contributed by atoms with E-state index >= 15 is 0 Å². The van der Waals surface area contributed by atoms with Gasteiger partial charge in [0.25, 0.3) is 0 Å². The number of hydrogen-bond donors (Lipinski definition) is 0. The molecular formula is C13H15ClN2. The van der Waals surface area contributed by atoms with Gasteiger partial charge in [-0.2, -0.15) is 5.26 Å². The van der Waals surface area contributed by atoms with Crippen molar-refractivity contribution < 1.29 is 0 Å². The lowest BCUT2D eigenvalue weighted by molar-refractivity contribution is 0.578. The zero-order valence-electron chi connectivity index (χ0n) is 9.25. The summed E-state index contributed by atoms with van der Waals surface area (Å²) in [7, 11) is 0. The minimum Gasteiger partial charge on any atom is -0.370 e. The number of rotatable bonds is 2. The molecule has 0 spiro atoms. The lowest BCUT2D eigenvalue weighted by Crippen LogP contribution is -2.29. The van der Waals surface area contributed by atoms with Gasteiger partial charge in [-0.25, -0.2) is 0 Å². The summed E-state index contributed by atoms with van der Waals surface area (Å²) < 4.78 is 0. The van der Waals surface area contributed by atoms with E-state index in [2.05, 4.69) is 11.0 Å². The van der Waals surface area contributed by atoms with Crippen molar-refractivity contribution in [3.63, 3.8) is 0 Å². The highest BCUT2D eigenvalue weighted by molar-refractivity contribution is 6.33. The summed E-state index contributed by atoms with van der Waals surface area (Å²) in [5.74, 6) is 0. The SMILES string of the molecule is N#CCc1ccc(N2CCCCC2)c(Cl)c1. The normalized spacial score (nSPS) is 15.9. The molecule has 2 nitrogen and oxygen atoms in total. The number of nitriles is 1. The van der Waals surface area contributed by atoms with Crippen molar-refractivity contribution in [1.82, 2.24) is 0 Å². The summed E-state index contributed by atoms with van der Waals surface area (Å²) in [6.45, 7) is 2.19. The first-order valence-corrected chi connectivity index (χ1v) is 6.09. The molecule has 0 unspecified atom stereocenters. The van der Waals surface area contributed by atoms with Crippen molar-refractivity contribution in [1.29, 1.82) is 5.26 Å². The van der Waals surface area contributed by atoms with Crippen molar-refractivity contribution in [2.45, 2.75) is 25.7 Å². The highest BCUT2D eigenvalue weighted by atomic mass is 35.5. The second kappa shape index (κ2) is 5.23. The summed E-state index contributed by atoms with van der Waals surface area (Å²) in [4.78, 5) is 2.34. The zero-order chi connectivity index (χ0) is 11.4. The average molecular weight is 235 g/mol. The van der Waals surface area contributed by atoms with Crippen molar-refractivity contribution in [3.8, 4) is 6.07 Å². The van der Waals surface area contributed by atoms with Crippen LogP contribution >= 0.6 is 11.6 Å². The van der Waals surface area contributed by atoms with Gasteiger partial charge < -0.3 is 4.90 Å². The van der Waals surface area contributed by atoms with Crippen LogP contribution in [0.5, 0.6) is 0 Å². The Kier molecular flexibility index (Phi) is 3.69. The Hall–Kier alpha value is -1.20. The highest BCUT2D eigenvalue weighted by Gasteiger charge is 2.13. The number of benzene rings is 1. The molecule has 0 aliphatic carbocycles. The van der Waals surface area contributed by atoms with E-state index in [-0.39, 0.29) is 0 Å². The molecule has 1 aliphatic heterocycles. The molecule has 1 fully saturated rings. The van der Waals surface area contributed by atoms with Crippen LogP contribution in [0.15, 0.2) is 18.2 Å². The molecule has 1 aromatic carbocycles. The van der Waals surface area contributed by atoms with Gasteiger partial charge in [0.15, 0.2) is 0 Å². The van der Waals surface area contributed by atoms with E-state index in [4.69, 9.17) is 16.9 Å². The van der Waals surface area contributed by atoms with Gasteiger partial charge in [0.05, 0.1) is 23.2 Å². The van der Waals surface area contributed by atoms with Crippen LogP contribution < -0.4 is 4.90 Å². The van der Waals surface area contributed by atoms with E-state index < -0.39 is 0 Å². The number of piperidine rings is 1. The van der Waals surface area contributed by atoms with Crippen LogP contribution in [0.25, 0.3) is 0 Å². The van der Waals surface area contributed by atoms with Crippen molar-refractivity contribution >= 4 is 17.3 Å². The maximum atomic E-state index is 8.63. The predicted molar refractivity (Wildman–Crippen MR) is 66.8 cm³/mol. The van der Waals surface area contributed by atoms with Crippen LogP contribution in [0.1, 0.15) is 24.8 Å². The van der Waals surface area contributed by atoms with Crippen molar-refractivity contribution in [2.75, 3.05) is 18.0 Å². The topological polar surface area (TPSA) is 27.0 Å². The molecule has 3 heteroatoms. The minimum atomic E-state index is 0.431. The molecule has 0 amide bonds. The van der Waals surface area contributed by atoms with Gasteiger partial charge in [-0.1, -0.05) is 17.7 Å². The molecule has 84 valence electrons. The summed E-state index contributed by atoms with van der Waals surface area (Å²) in [5, 5.41) is 9.40. The minimum absolute atomic E-state index is 0.431. The van der Waals surface area contributed by atoms with Gasteiger partial charge >= 0.3 is 0 Å². The third-order valence-corrected chi connectivity index (χ3v) is 3.29. The van der Waals surface area contributed by atoms with Gasteiger partial charge in [-0.15, -0.1) is 0 Å². The zero-order valence-corrected chi connectivity index (χ0v) is 10.0. The molecule has 0 atom stereocenters. The Bertz CT molecular complexity index is 403. The molecular weight excluding hydrogens is 220 g/mol. The maximum absolute atomic E-state index is 8.63. The monoisotopic (exact) mass is 234 g/mol. The number of hydrogen-bond acceptors (Lipinski definition) is 2. The van der Waals surface area contributed by atoms with E-state index in [1.54, 1.807) is 0 Å². The van der Waals surface area contributed by atoms with E-state index in [1.807, 2.05) is 18.2 Å². The first-order chi connectivity index (χ1) is 7.81. The molecule has 1 heterocycles. The van der Waals surface area contributed by atoms with Crippen LogP contribution in [0.4, 0.5) is 5.69 Å². The number of halogens is 1. The van der Waals surface area contributed by atoms with Gasteiger partial charge in [-0.3, -0.25) is 0 Å². The van der Waals surface area contributed by atoms with Gasteiger partial charge in [0.2, 0.25) is 0 Å². The molecule has 16 heavy (non-hydrogen) atoms. The molecule has 0 radical (unpaired) electrons. The predicted octanol–water partition coefficient (Wildman–Crippen LogP) is 3.40. The third-order valence-electron chi connectivity index (χ3n) is 2.99. The van der Waals surface area contributed by atoms with Crippen LogP contribution in [-0.4, -0.2) is 13.1 Å². The van der Waals surface area contributed by atoms with Crippen LogP contribution in [-0.2, 0) is 6.42 Å². The van der Waals surface area contributed by atoms with E-state index in [0.717, 1.165) is 29.4 Å². The number of nitrogens with zero attached hydrogens (tertiary/aromatic N) is 2. The smallest absolute Gasteiger partial charge is 0.0669 e. The van der Waals surface area contributed by atoms with E-state index in [9.17, 15) is 0 Å². The second-order valence-corrected chi connectivity index (χ2v) is 4.58. The van der Waals surface area contributed by atoms with E-state index in [1.165, 1.54) is 19.3 Å². The summed E-state index contributed by atoms with van der Waals surface area (Å²) >= 11 is 6.25. The molecule has 1 aromatic rings. The Morgan fingerprint density at radius 2 is 2.00 bits per heavy atom. The molecule has 2 rings (SSSR count). The van der Waals surface area contributed by atoms with Crippen LogP contribution in [0, 0.1) is 11.3 Å². The lowest BCUT2D eigenvalue weighted by Gasteiger charge is -2.29. The van der Waals surface area contributed by atoms with Gasteiger partial charge in [0.1, 0.15) is 0 Å². The number of anilines is 1. The Labute approximate surface area is 101 Å². The molecule has 0 aromatic heterocycles. The molecule has 0 N–H and O–H groups in total. The molecule has 1 saturated heterocycles. The van der Waals surface area contributed by atoms with Gasteiger partial charge in [-0.05, 0) is 37.0 Å². The van der Waals surface area contributed by atoms with Crippen LogP contribution in [0.3, 0.4) is 0 Å². The standard InChI is InChI=1S/C13H15ClN2/c14-12-10-11(6-7-15)4-5-13(12)16-8-2-1-3-9-16/h4-5,10H,1-3,6,8-9H2. The second-order valence-electron chi connectivity index (χ2n) is 4.17. The average Bonchev–Trinajstić information content (AvgIpc) is 2.31. The Balaban J connectivity index is 2.18. The van der Waals surface area contributed by atoms with Crippen LogP contribution in [0.2, 0.25) is 5.02 Å². The van der Waals surface area contributed by atoms with Crippen molar-refractivity contribution in [2.24, 2.45) is 0 Å². The fourth-order valence-corrected chi connectivity index (χ4v) is 2.47.